The molecule has 2 unspecified atom stereocenters. The van der Waals surface area contributed by atoms with Crippen LogP contribution < -0.4 is 10.6 Å². The molecule has 2 aliphatic heterocycles. The molecule has 0 radical (unpaired) electrons. The van der Waals surface area contributed by atoms with Crippen molar-refractivity contribution in [2.45, 2.75) is 63.8 Å². The minimum atomic E-state index is -0.408. The fourth-order valence-corrected chi connectivity index (χ4v) is 2.44. The molecule has 1 amide bonds. The van der Waals surface area contributed by atoms with Crippen LogP contribution >= 0.6 is 0 Å². The SMILES string of the molecule is CC(C)(C)OC(=O)N[C@@H]1CC2CCC1N2. The number of nitrogens with one attached hydrogen (secondary N) is 2. The Labute approximate surface area is 90.8 Å². The first-order chi connectivity index (χ1) is 6.94. The first-order valence-electron chi connectivity index (χ1n) is 5.69. The number of carbonyl (C=O) groups excluding carboxylic acids is 1. The lowest BCUT2D eigenvalue weighted by Gasteiger charge is -2.25. The summed E-state index contributed by atoms with van der Waals surface area (Å²) < 4.78 is 5.23. The van der Waals surface area contributed by atoms with Crippen LogP contribution in [-0.2, 0) is 4.74 Å². The van der Waals surface area contributed by atoms with Gasteiger partial charge >= 0.3 is 6.09 Å². The van der Waals surface area contributed by atoms with Crippen molar-refractivity contribution in [3.05, 3.63) is 0 Å². The molecule has 86 valence electrons. The minimum absolute atomic E-state index is 0.263. The third-order valence-corrected chi connectivity index (χ3v) is 3.00. The second-order valence-corrected chi connectivity index (χ2v) is 5.54. The monoisotopic (exact) mass is 212 g/mol. The maximum absolute atomic E-state index is 11.5. The van der Waals surface area contributed by atoms with E-state index >= 15 is 0 Å². The Morgan fingerprint density at radius 1 is 1.40 bits per heavy atom. The topological polar surface area (TPSA) is 50.4 Å². The average molecular weight is 212 g/mol. The van der Waals surface area contributed by atoms with Gasteiger partial charge in [-0.1, -0.05) is 0 Å². The molecule has 2 fully saturated rings. The molecule has 15 heavy (non-hydrogen) atoms. The molecule has 0 saturated carbocycles. The van der Waals surface area contributed by atoms with E-state index in [1.54, 1.807) is 0 Å². The number of alkyl carbamates (subject to hydrolysis) is 1. The standard InChI is InChI=1S/C11H20N2O2/c1-11(2,3)15-10(14)13-9-6-7-4-5-8(9)12-7/h7-9,12H,4-6H2,1-3H3,(H,13,14)/t7?,8?,9-/m1/s1. The van der Waals surface area contributed by atoms with E-state index in [9.17, 15) is 4.79 Å². The van der Waals surface area contributed by atoms with Crippen LogP contribution in [0.3, 0.4) is 0 Å². The van der Waals surface area contributed by atoms with Crippen LogP contribution in [0.25, 0.3) is 0 Å². The molecule has 4 nitrogen and oxygen atoms in total. The number of ether oxygens (including phenoxy) is 1. The molecular weight excluding hydrogens is 192 g/mol. The molecule has 2 rings (SSSR count). The van der Waals surface area contributed by atoms with Gasteiger partial charge in [0.05, 0.1) is 0 Å². The van der Waals surface area contributed by atoms with E-state index in [0.717, 1.165) is 6.42 Å². The van der Waals surface area contributed by atoms with Crippen molar-refractivity contribution in [2.24, 2.45) is 0 Å². The van der Waals surface area contributed by atoms with E-state index in [2.05, 4.69) is 10.6 Å². The highest BCUT2D eigenvalue weighted by Crippen LogP contribution is 2.28. The number of fused-ring (bicyclic) bond motifs is 2. The summed E-state index contributed by atoms with van der Waals surface area (Å²) >= 11 is 0. The first kappa shape index (κ1) is 10.7. The zero-order valence-electron chi connectivity index (χ0n) is 9.67. The second kappa shape index (κ2) is 3.67. The molecule has 2 N–H and O–H groups in total. The Kier molecular flexibility index (Phi) is 2.63. The van der Waals surface area contributed by atoms with Crippen molar-refractivity contribution in [1.29, 1.82) is 0 Å². The largest absolute Gasteiger partial charge is 0.444 e. The number of carbonyl (C=O) groups is 1. The molecular formula is C11H20N2O2. The van der Waals surface area contributed by atoms with Gasteiger partial charge in [0, 0.05) is 18.1 Å². The summed E-state index contributed by atoms with van der Waals surface area (Å²) in [6.07, 6.45) is 3.17. The van der Waals surface area contributed by atoms with Gasteiger partial charge in [0.25, 0.3) is 0 Å². The zero-order chi connectivity index (χ0) is 11.1. The van der Waals surface area contributed by atoms with Crippen LogP contribution in [0.1, 0.15) is 40.0 Å². The fourth-order valence-electron chi connectivity index (χ4n) is 2.44. The highest BCUT2D eigenvalue weighted by atomic mass is 16.6. The molecule has 0 aromatic carbocycles. The van der Waals surface area contributed by atoms with Gasteiger partial charge in [-0.25, -0.2) is 4.79 Å². The average Bonchev–Trinajstić information content (AvgIpc) is 2.60. The third kappa shape index (κ3) is 2.62. The number of amides is 1. The highest BCUT2D eigenvalue weighted by molar-refractivity contribution is 5.68. The van der Waals surface area contributed by atoms with Crippen LogP contribution in [-0.4, -0.2) is 29.8 Å². The van der Waals surface area contributed by atoms with Gasteiger partial charge in [0.15, 0.2) is 0 Å². The first-order valence-corrected chi connectivity index (χ1v) is 5.69. The summed E-state index contributed by atoms with van der Waals surface area (Å²) in [5, 5.41) is 6.42. The van der Waals surface area contributed by atoms with Crippen LogP contribution in [0.15, 0.2) is 0 Å². The summed E-state index contributed by atoms with van der Waals surface area (Å²) in [5.74, 6) is 0. The molecule has 2 saturated heterocycles. The van der Waals surface area contributed by atoms with Gasteiger partial charge < -0.3 is 15.4 Å². The molecule has 0 spiro atoms. The smallest absolute Gasteiger partial charge is 0.407 e. The zero-order valence-corrected chi connectivity index (χ0v) is 9.67. The van der Waals surface area contributed by atoms with Gasteiger partial charge in [0.2, 0.25) is 0 Å². The van der Waals surface area contributed by atoms with E-state index in [1.807, 2.05) is 20.8 Å². The summed E-state index contributed by atoms with van der Waals surface area (Å²) in [6, 6.07) is 1.33. The Morgan fingerprint density at radius 3 is 2.60 bits per heavy atom. The maximum atomic E-state index is 11.5. The van der Waals surface area contributed by atoms with Gasteiger partial charge in [-0.2, -0.15) is 0 Å². The number of hydrogen-bond donors (Lipinski definition) is 2. The summed E-state index contributed by atoms with van der Waals surface area (Å²) in [5.41, 5.74) is -0.408. The van der Waals surface area contributed by atoms with Crippen LogP contribution in [0, 0.1) is 0 Å². The van der Waals surface area contributed by atoms with Crippen molar-refractivity contribution in [2.75, 3.05) is 0 Å². The second-order valence-electron chi connectivity index (χ2n) is 5.54. The molecule has 2 bridgehead atoms. The molecule has 0 aliphatic carbocycles. The Balaban J connectivity index is 1.80. The lowest BCUT2D eigenvalue weighted by Crippen LogP contribution is -2.45. The molecule has 0 aromatic heterocycles. The predicted molar refractivity (Wildman–Crippen MR) is 57.7 cm³/mol. The van der Waals surface area contributed by atoms with Gasteiger partial charge in [-0.15, -0.1) is 0 Å². The van der Waals surface area contributed by atoms with E-state index in [0.29, 0.717) is 12.1 Å². The van der Waals surface area contributed by atoms with E-state index in [1.165, 1.54) is 12.8 Å². The highest BCUT2D eigenvalue weighted by Gasteiger charge is 2.40. The Bertz CT molecular complexity index is 260. The van der Waals surface area contributed by atoms with Gasteiger partial charge in [-0.3, -0.25) is 0 Å². The molecule has 0 aromatic rings. The van der Waals surface area contributed by atoms with E-state index in [-0.39, 0.29) is 12.1 Å². The summed E-state index contributed by atoms with van der Waals surface area (Å²) in [4.78, 5) is 11.5. The van der Waals surface area contributed by atoms with E-state index < -0.39 is 5.60 Å². The lowest BCUT2D eigenvalue weighted by atomic mass is 9.96. The number of hydrogen-bond acceptors (Lipinski definition) is 3. The quantitative estimate of drug-likeness (QED) is 0.691. The molecule has 4 heteroatoms. The van der Waals surface area contributed by atoms with Crippen molar-refractivity contribution < 1.29 is 9.53 Å². The van der Waals surface area contributed by atoms with Crippen LogP contribution in [0.4, 0.5) is 4.79 Å². The summed E-state index contributed by atoms with van der Waals surface area (Å²) in [7, 11) is 0. The normalized spacial score (nSPS) is 34.2. The molecule has 3 atom stereocenters. The van der Waals surface area contributed by atoms with Gasteiger partial charge in [0.1, 0.15) is 5.60 Å². The van der Waals surface area contributed by atoms with E-state index in [4.69, 9.17) is 4.74 Å². The maximum Gasteiger partial charge on any atom is 0.407 e. The Hall–Kier alpha value is -0.770. The van der Waals surface area contributed by atoms with Crippen molar-refractivity contribution >= 4 is 6.09 Å². The summed E-state index contributed by atoms with van der Waals surface area (Å²) in [6.45, 7) is 5.64. The third-order valence-electron chi connectivity index (χ3n) is 3.00. The Morgan fingerprint density at radius 2 is 2.13 bits per heavy atom. The van der Waals surface area contributed by atoms with Crippen LogP contribution in [0.2, 0.25) is 0 Å². The predicted octanol–water partition coefficient (Wildman–Crippen LogP) is 1.40. The van der Waals surface area contributed by atoms with Crippen molar-refractivity contribution in [3.63, 3.8) is 0 Å². The lowest BCUT2D eigenvalue weighted by molar-refractivity contribution is 0.0497. The number of rotatable bonds is 1. The van der Waals surface area contributed by atoms with Crippen LogP contribution in [0.5, 0.6) is 0 Å². The van der Waals surface area contributed by atoms with Crippen molar-refractivity contribution in [1.82, 2.24) is 10.6 Å². The van der Waals surface area contributed by atoms with Crippen molar-refractivity contribution in [3.8, 4) is 0 Å². The van der Waals surface area contributed by atoms with Gasteiger partial charge in [-0.05, 0) is 40.0 Å². The minimum Gasteiger partial charge on any atom is -0.444 e. The molecule has 2 aliphatic rings. The fraction of sp³-hybridized carbons (Fsp3) is 0.909. The molecule has 2 heterocycles.